The largest absolute Gasteiger partial charge is 0.493 e. The summed E-state index contributed by atoms with van der Waals surface area (Å²) in [5.41, 5.74) is 19.0. The number of nitrogens with zero attached hydrogens (tertiary/aromatic N) is 4. The van der Waals surface area contributed by atoms with Gasteiger partial charge in [-0.05, 0) is 212 Å². The van der Waals surface area contributed by atoms with Gasteiger partial charge in [0.1, 0.15) is 23.0 Å². The Kier molecular flexibility index (Phi) is 42.3. The molecule has 8 bridgehead atoms. The molecule has 8 heteroatoms. The Labute approximate surface area is 702 Å². The highest BCUT2D eigenvalue weighted by Gasteiger charge is 2.27. The Morgan fingerprint density at radius 3 is 0.466 bits per heavy atom. The second-order valence-corrected chi connectivity index (χ2v) is 33.5. The zero-order chi connectivity index (χ0) is 81.3. The van der Waals surface area contributed by atoms with Crippen molar-refractivity contribution in [2.24, 2.45) is 0 Å². The van der Waals surface area contributed by atoms with Gasteiger partial charge in [0.25, 0.3) is 0 Å². The van der Waals surface area contributed by atoms with Crippen LogP contribution in [0.1, 0.15) is 377 Å². The molecule has 0 unspecified atom stereocenters. The molecule has 0 spiro atoms. The molecule has 0 saturated carbocycles. The zero-order valence-corrected chi connectivity index (χ0v) is 72.0. The molecule has 0 heterocycles. The molecule has 1 aliphatic rings. The minimum Gasteiger partial charge on any atom is -0.493 e. The Balaban J connectivity index is 1.25. The SMILES string of the molecule is CCCCCCCCCCCCCOc1c2cc(-c3ccc(C#N)cc3)cc1Cc1cc(-c3ccc(C#N)cc3)cc(c1OCCCCCCCCCCCCC)Cc1cc(-c3ccc(C#N)cc3)cc(c1OCCCCCCCCCCCCC)Cc1cc(-c3ccc(C#N)cc3)cc(c1OCCCCCCCCCCCCC)C2. The summed E-state index contributed by atoms with van der Waals surface area (Å²) in [6.45, 7) is 11.4. The normalized spacial score (nSPS) is 11.7. The molecule has 9 rings (SSSR count). The van der Waals surface area contributed by atoms with E-state index < -0.39 is 0 Å². The van der Waals surface area contributed by atoms with Crippen molar-refractivity contribution in [1.82, 2.24) is 0 Å². The first kappa shape index (κ1) is 90.8. The predicted molar refractivity (Wildman–Crippen MR) is 485 cm³/mol. The third-order valence-corrected chi connectivity index (χ3v) is 23.9. The maximum absolute atomic E-state index is 10.2. The number of fused-ring (bicyclic) bond motifs is 8. The summed E-state index contributed by atoms with van der Waals surface area (Å²) >= 11 is 0. The van der Waals surface area contributed by atoms with Crippen LogP contribution in [0.25, 0.3) is 44.5 Å². The molecule has 0 N–H and O–H groups in total. The van der Waals surface area contributed by atoms with Gasteiger partial charge in [-0.25, -0.2) is 0 Å². The molecule has 0 radical (unpaired) electrons. The molecule has 616 valence electrons. The summed E-state index contributed by atoms with van der Waals surface area (Å²) in [7, 11) is 0. The first-order valence-corrected chi connectivity index (χ1v) is 46.4. The lowest BCUT2D eigenvalue weighted by atomic mass is 9.86. The van der Waals surface area contributed by atoms with E-state index in [-0.39, 0.29) is 0 Å². The van der Waals surface area contributed by atoms with Crippen molar-refractivity contribution in [3.8, 4) is 91.8 Å². The second kappa shape index (κ2) is 54.0. The van der Waals surface area contributed by atoms with Crippen molar-refractivity contribution in [1.29, 1.82) is 21.0 Å². The van der Waals surface area contributed by atoms with Crippen LogP contribution in [0.2, 0.25) is 0 Å². The van der Waals surface area contributed by atoms with Gasteiger partial charge in [-0.1, -0.05) is 333 Å². The number of rotatable bonds is 56. The molecule has 0 amide bonds. The highest BCUT2D eigenvalue weighted by molar-refractivity contribution is 5.75. The molecule has 0 aromatic heterocycles. The molecule has 0 atom stereocenters. The van der Waals surface area contributed by atoms with E-state index in [1.165, 1.54) is 231 Å². The van der Waals surface area contributed by atoms with E-state index in [4.69, 9.17) is 18.9 Å². The van der Waals surface area contributed by atoms with Crippen LogP contribution in [-0.2, 0) is 25.7 Å². The van der Waals surface area contributed by atoms with Crippen LogP contribution in [0.3, 0.4) is 0 Å². The molecular weight excluding hydrogens is 1420 g/mol. The summed E-state index contributed by atoms with van der Waals surface area (Å²) < 4.78 is 30.3. The number of nitriles is 4. The second-order valence-electron chi connectivity index (χ2n) is 33.5. The van der Waals surface area contributed by atoms with E-state index in [2.05, 4.69) is 149 Å². The quantitative estimate of drug-likeness (QED) is 0.0344. The van der Waals surface area contributed by atoms with Crippen LogP contribution < -0.4 is 18.9 Å². The Morgan fingerprint density at radius 1 is 0.190 bits per heavy atom. The Hall–Kier alpha value is -9.08. The van der Waals surface area contributed by atoms with Crippen LogP contribution in [0.4, 0.5) is 0 Å². The average molecular weight is 1560 g/mol. The molecule has 116 heavy (non-hydrogen) atoms. The van der Waals surface area contributed by atoms with Crippen LogP contribution in [0.5, 0.6) is 23.0 Å². The lowest BCUT2D eigenvalue weighted by Crippen LogP contribution is -2.11. The number of hydrogen-bond donors (Lipinski definition) is 0. The van der Waals surface area contributed by atoms with E-state index in [0.29, 0.717) is 74.4 Å². The minimum absolute atomic E-state index is 0.479. The van der Waals surface area contributed by atoms with E-state index in [9.17, 15) is 21.0 Å². The summed E-state index contributed by atoms with van der Waals surface area (Å²) in [5, 5.41) is 40.9. The smallest absolute Gasteiger partial charge is 0.126 e. The van der Waals surface area contributed by atoms with Gasteiger partial charge in [-0.15, -0.1) is 0 Å². The van der Waals surface area contributed by atoms with Gasteiger partial charge in [0.05, 0.1) is 73.0 Å². The third-order valence-electron chi connectivity index (χ3n) is 23.9. The van der Waals surface area contributed by atoms with E-state index in [1.54, 1.807) is 0 Å². The highest BCUT2D eigenvalue weighted by Crippen LogP contribution is 2.45. The topological polar surface area (TPSA) is 132 Å². The Bertz CT molecular complexity index is 3670. The average Bonchev–Trinajstić information content (AvgIpc) is 0.763. The maximum atomic E-state index is 10.2. The molecule has 8 aromatic carbocycles. The first-order valence-electron chi connectivity index (χ1n) is 46.4. The zero-order valence-electron chi connectivity index (χ0n) is 72.0. The van der Waals surface area contributed by atoms with Crippen molar-refractivity contribution in [3.05, 3.63) is 212 Å². The molecule has 0 saturated heterocycles. The van der Waals surface area contributed by atoms with E-state index >= 15 is 0 Å². The fourth-order valence-electron chi connectivity index (χ4n) is 17.0. The number of hydrogen-bond acceptors (Lipinski definition) is 8. The maximum Gasteiger partial charge on any atom is 0.126 e. The Morgan fingerprint density at radius 2 is 0.328 bits per heavy atom. The molecular formula is C108H140N4O4. The molecule has 8 nitrogen and oxygen atoms in total. The fourth-order valence-corrected chi connectivity index (χ4v) is 17.0. The van der Waals surface area contributed by atoms with Crippen molar-refractivity contribution >= 4 is 0 Å². The van der Waals surface area contributed by atoms with Crippen LogP contribution in [-0.4, -0.2) is 26.4 Å². The van der Waals surface area contributed by atoms with Crippen LogP contribution >= 0.6 is 0 Å². The van der Waals surface area contributed by atoms with E-state index in [1.807, 2.05) is 48.5 Å². The molecule has 1 aliphatic carbocycles. The van der Waals surface area contributed by atoms with Crippen molar-refractivity contribution in [2.75, 3.05) is 26.4 Å². The van der Waals surface area contributed by atoms with Crippen LogP contribution in [0.15, 0.2) is 146 Å². The summed E-state index contributed by atoms with van der Waals surface area (Å²) in [6.07, 6.45) is 56.3. The fraction of sp³-hybridized carbons (Fsp3) is 0.519. The molecule has 0 fully saturated rings. The lowest BCUT2D eigenvalue weighted by molar-refractivity contribution is 0.293. The summed E-state index contributed by atoms with van der Waals surface area (Å²) in [5.74, 6) is 3.50. The lowest BCUT2D eigenvalue weighted by Gasteiger charge is -2.25. The van der Waals surface area contributed by atoms with Gasteiger partial charge in [0.15, 0.2) is 0 Å². The molecule has 8 aromatic rings. The summed E-state index contributed by atoms with van der Waals surface area (Å²) in [4.78, 5) is 0. The number of ether oxygens (including phenoxy) is 4. The first-order chi connectivity index (χ1) is 57.3. The van der Waals surface area contributed by atoms with Gasteiger partial charge in [0.2, 0.25) is 0 Å². The van der Waals surface area contributed by atoms with Crippen molar-refractivity contribution in [2.45, 2.75) is 336 Å². The standard InChI is InChI=1S/C108H140N4O4/c1-5-9-13-17-21-25-29-33-37-41-45-65-113-105-97-69-93(89-57-49-85(81-109)50-58-89)70-98(105)78-100-72-95(91-61-53-87(83-111)54-62-91)74-102(107(100)115-67-47-43-39-35-31-27-23-19-15-11-7-3)80-104-76-96(92-63-55-88(84-112)56-64-92)75-103(108(104)116-68-48-44-40-36-32-28-24-20-16-12-8-4)79-101-73-94(90-59-51-86(82-110)52-60-90)71-99(77-97)106(101)114-66-46-42-38-34-30-26-22-18-14-10-6-2/h49-64,69-76H,5-48,65-68,77-80H2,1-4H3. The van der Waals surface area contributed by atoms with Gasteiger partial charge in [0, 0.05) is 25.7 Å². The number of benzene rings is 8. The van der Waals surface area contributed by atoms with Crippen molar-refractivity contribution < 1.29 is 18.9 Å². The highest BCUT2D eigenvalue weighted by atomic mass is 16.5. The van der Waals surface area contributed by atoms with Gasteiger partial charge < -0.3 is 18.9 Å². The van der Waals surface area contributed by atoms with Crippen LogP contribution in [0, 0.1) is 45.3 Å². The van der Waals surface area contributed by atoms with Crippen molar-refractivity contribution in [3.63, 3.8) is 0 Å². The van der Waals surface area contributed by atoms with Gasteiger partial charge >= 0.3 is 0 Å². The molecule has 0 aliphatic heterocycles. The third kappa shape index (κ3) is 31.1. The van der Waals surface area contributed by atoms with Gasteiger partial charge in [-0.3, -0.25) is 0 Å². The monoisotopic (exact) mass is 1560 g/mol. The summed E-state index contributed by atoms with van der Waals surface area (Å²) in [6, 6.07) is 60.6. The predicted octanol–water partition coefficient (Wildman–Crippen LogP) is 31.3. The minimum atomic E-state index is 0.479. The van der Waals surface area contributed by atoms with E-state index in [0.717, 1.165) is 163 Å². The van der Waals surface area contributed by atoms with Gasteiger partial charge in [-0.2, -0.15) is 21.0 Å². The number of unbranched alkanes of at least 4 members (excludes halogenated alkanes) is 40.